The van der Waals surface area contributed by atoms with Gasteiger partial charge >= 0.3 is 0 Å². The van der Waals surface area contributed by atoms with E-state index in [1.165, 1.54) is 30.2 Å². The number of unbranched alkanes of at least 4 members (excludes halogenated alkanes) is 1. The molecule has 3 rings (SSSR count). The Hall–Kier alpha value is -3.68. The summed E-state index contributed by atoms with van der Waals surface area (Å²) in [5.41, 5.74) is 0.508. The summed E-state index contributed by atoms with van der Waals surface area (Å²) in [4.78, 5) is 37.7. The highest BCUT2D eigenvalue weighted by Crippen LogP contribution is 2.40. The van der Waals surface area contributed by atoms with E-state index in [0.717, 1.165) is 6.42 Å². The van der Waals surface area contributed by atoms with Crippen LogP contribution < -0.4 is 4.74 Å². The van der Waals surface area contributed by atoms with Gasteiger partial charge in [0.1, 0.15) is 11.5 Å². The highest BCUT2D eigenvalue weighted by molar-refractivity contribution is 6.46. The molecule has 1 N–H and O–H groups in total. The Labute approximate surface area is 173 Å². The first kappa shape index (κ1) is 21.0. The number of Topliss-reactive ketones (excluding diaryl/α,β-unsaturated/α-hetero) is 1. The highest BCUT2D eigenvalue weighted by Gasteiger charge is 2.46. The number of non-ortho nitro benzene ring substituents is 1. The van der Waals surface area contributed by atoms with E-state index in [0.29, 0.717) is 29.8 Å². The Kier molecular flexibility index (Phi) is 6.15. The van der Waals surface area contributed by atoms with Crippen molar-refractivity contribution in [2.24, 2.45) is 0 Å². The minimum Gasteiger partial charge on any atom is -0.507 e. The third-order valence-corrected chi connectivity index (χ3v) is 5.05. The lowest BCUT2D eigenvalue weighted by Crippen LogP contribution is -2.30. The lowest BCUT2D eigenvalue weighted by molar-refractivity contribution is -0.384. The number of ketones is 1. The van der Waals surface area contributed by atoms with Gasteiger partial charge in [-0.3, -0.25) is 19.7 Å². The van der Waals surface area contributed by atoms with E-state index in [1.807, 2.05) is 6.92 Å². The van der Waals surface area contributed by atoms with Crippen LogP contribution in [0.4, 0.5) is 5.69 Å². The highest BCUT2D eigenvalue weighted by atomic mass is 16.6. The third-order valence-electron chi connectivity index (χ3n) is 5.05. The summed E-state index contributed by atoms with van der Waals surface area (Å²) in [6.07, 6.45) is 1.45. The van der Waals surface area contributed by atoms with Crippen LogP contribution in [0.5, 0.6) is 5.75 Å². The van der Waals surface area contributed by atoms with Crippen molar-refractivity contribution in [3.8, 4) is 5.75 Å². The molecule has 8 heteroatoms. The molecule has 2 aromatic rings. The largest absolute Gasteiger partial charge is 0.507 e. The molecular formula is C22H22N2O6. The van der Waals surface area contributed by atoms with Gasteiger partial charge in [0.25, 0.3) is 17.4 Å². The second-order valence-corrected chi connectivity index (χ2v) is 6.93. The van der Waals surface area contributed by atoms with Crippen LogP contribution in [0.25, 0.3) is 5.76 Å². The predicted octanol–water partition coefficient (Wildman–Crippen LogP) is 3.83. The van der Waals surface area contributed by atoms with E-state index in [-0.39, 0.29) is 17.0 Å². The molecule has 1 fully saturated rings. The summed E-state index contributed by atoms with van der Waals surface area (Å²) in [6.45, 7) is 2.25. The fraction of sp³-hybridized carbons (Fsp3) is 0.273. The Bertz CT molecular complexity index is 1010. The summed E-state index contributed by atoms with van der Waals surface area (Å²) >= 11 is 0. The Balaban J connectivity index is 2.17. The zero-order valence-corrected chi connectivity index (χ0v) is 16.7. The molecule has 8 nitrogen and oxygen atoms in total. The number of nitro groups is 1. The third kappa shape index (κ3) is 3.89. The zero-order valence-electron chi connectivity index (χ0n) is 16.7. The van der Waals surface area contributed by atoms with E-state index < -0.39 is 22.7 Å². The van der Waals surface area contributed by atoms with E-state index in [2.05, 4.69) is 0 Å². The average molecular weight is 410 g/mol. The molecule has 1 heterocycles. The van der Waals surface area contributed by atoms with E-state index in [9.17, 15) is 24.8 Å². The first-order chi connectivity index (χ1) is 14.4. The molecule has 0 aliphatic carbocycles. The molecule has 2 aromatic carbocycles. The molecule has 1 aliphatic rings. The number of likely N-dealkylation sites (tertiary alicyclic amines) is 1. The molecule has 30 heavy (non-hydrogen) atoms. The number of ether oxygens (including phenoxy) is 1. The molecular weight excluding hydrogens is 388 g/mol. The predicted molar refractivity (Wildman–Crippen MR) is 110 cm³/mol. The first-order valence-electron chi connectivity index (χ1n) is 9.56. The van der Waals surface area contributed by atoms with Crippen LogP contribution in [-0.2, 0) is 9.59 Å². The molecule has 0 bridgehead atoms. The van der Waals surface area contributed by atoms with Crippen LogP contribution in [0.3, 0.4) is 0 Å². The number of nitro benzene ring substituents is 1. The maximum atomic E-state index is 12.9. The Morgan fingerprint density at radius 2 is 1.90 bits per heavy atom. The van der Waals surface area contributed by atoms with Crippen LogP contribution in [0.2, 0.25) is 0 Å². The lowest BCUT2D eigenvalue weighted by Gasteiger charge is -2.25. The number of hydrogen-bond donors (Lipinski definition) is 1. The van der Waals surface area contributed by atoms with Crippen LogP contribution >= 0.6 is 0 Å². The molecule has 1 atom stereocenters. The van der Waals surface area contributed by atoms with Gasteiger partial charge in [0.05, 0.1) is 23.6 Å². The SMILES string of the molecule is CCCCN1C(=O)C(=O)C(=C(O)c2ccc(OC)cc2)[C@H]1c1cccc([N+](=O)[O-])c1. The second kappa shape index (κ2) is 8.77. The monoisotopic (exact) mass is 410 g/mol. The molecule has 1 aliphatic heterocycles. The molecule has 0 radical (unpaired) electrons. The van der Waals surface area contributed by atoms with Gasteiger partial charge in [0, 0.05) is 24.2 Å². The van der Waals surface area contributed by atoms with Crippen LogP contribution in [0.1, 0.15) is 36.9 Å². The van der Waals surface area contributed by atoms with Crippen molar-refractivity contribution in [1.82, 2.24) is 4.90 Å². The minimum absolute atomic E-state index is 0.0817. The van der Waals surface area contributed by atoms with E-state index >= 15 is 0 Å². The number of hydrogen-bond acceptors (Lipinski definition) is 6. The number of carbonyl (C=O) groups is 2. The summed E-state index contributed by atoms with van der Waals surface area (Å²) in [5.74, 6) is -1.29. The average Bonchev–Trinajstić information content (AvgIpc) is 3.02. The second-order valence-electron chi connectivity index (χ2n) is 6.93. The van der Waals surface area contributed by atoms with Crippen molar-refractivity contribution >= 4 is 23.1 Å². The number of aliphatic hydroxyl groups is 1. The molecule has 0 aromatic heterocycles. The number of nitrogens with zero attached hydrogens (tertiary/aromatic N) is 2. The lowest BCUT2D eigenvalue weighted by atomic mass is 9.95. The van der Waals surface area contributed by atoms with Gasteiger partial charge in [0.2, 0.25) is 0 Å². The topological polar surface area (TPSA) is 110 Å². The van der Waals surface area contributed by atoms with Crippen molar-refractivity contribution in [2.45, 2.75) is 25.8 Å². The zero-order chi connectivity index (χ0) is 21.8. The molecule has 1 saturated heterocycles. The van der Waals surface area contributed by atoms with Crippen LogP contribution in [-0.4, -0.2) is 40.3 Å². The number of benzene rings is 2. The summed E-state index contributed by atoms with van der Waals surface area (Å²) in [5, 5.41) is 22.2. The van der Waals surface area contributed by atoms with Crippen molar-refractivity contribution in [3.05, 3.63) is 75.3 Å². The number of methoxy groups -OCH3 is 1. The number of rotatable bonds is 7. The minimum atomic E-state index is -0.904. The smallest absolute Gasteiger partial charge is 0.295 e. The fourth-order valence-corrected chi connectivity index (χ4v) is 3.50. The van der Waals surface area contributed by atoms with E-state index in [1.54, 1.807) is 30.3 Å². The normalized spacial score (nSPS) is 17.9. The first-order valence-corrected chi connectivity index (χ1v) is 9.56. The number of aliphatic hydroxyl groups excluding tert-OH is 1. The summed E-state index contributed by atoms with van der Waals surface area (Å²) in [6, 6.07) is 11.3. The van der Waals surface area contributed by atoms with Gasteiger partial charge in [-0.1, -0.05) is 25.5 Å². The van der Waals surface area contributed by atoms with Gasteiger partial charge in [-0.2, -0.15) is 0 Å². The summed E-state index contributed by atoms with van der Waals surface area (Å²) in [7, 11) is 1.51. The van der Waals surface area contributed by atoms with Crippen molar-refractivity contribution in [2.75, 3.05) is 13.7 Å². The van der Waals surface area contributed by atoms with E-state index in [4.69, 9.17) is 4.74 Å². The van der Waals surface area contributed by atoms with Crippen molar-refractivity contribution < 1.29 is 24.4 Å². The molecule has 0 unspecified atom stereocenters. The van der Waals surface area contributed by atoms with Crippen molar-refractivity contribution in [3.63, 3.8) is 0 Å². The summed E-state index contributed by atoms with van der Waals surface area (Å²) < 4.78 is 5.11. The number of carbonyl (C=O) groups excluding carboxylic acids is 2. The van der Waals surface area contributed by atoms with Gasteiger partial charge < -0.3 is 14.7 Å². The quantitative estimate of drug-likeness (QED) is 0.244. The molecule has 0 saturated carbocycles. The Morgan fingerprint density at radius 3 is 2.50 bits per heavy atom. The maximum absolute atomic E-state index is 12.9. The number of amides is 1. The maximum Gasteiger partial charge on any atom is 0.295 e. The fourth-order valence-electron chi connectivity index (χ4n) is 3.50. The molecule has 1 amide bonds. The van der Waals surface area contributed by atoms with Gasteiger partial charge in [-0.05, 0) is 36.2 Å². The molecule has 156 valence electrons. The van der Waals surface area contributed by atoms with Crippen molar-refractivity contribution in [1.29, 1.82) is 0 Å². The van der Waals surface area contributed by atoms with Crippen LogP contribution in [0, 0.1) is 10.1 Å². The standard InChI is InChI=1S/C22H22N2O6/c1-3-4-12-23-19(15-6-5-7-16(13-15)24(28)29)18(21(26)22(23)27)20(25)14-8-10-17(30-2)11-9-14/h5-11,13,19,25H,3-4,12H2,1-2H3/t19-/m1/s1. The van der Waals surface area contributed by atoms with Gasteiger partial charge in [-0.15, -0.1) is 0 Å². The van der Waals surface area contributed by atoms with Gasteiger partial charge in [0.15, 0.2) is 0 Å². The molecule has 0 spiro atoms. The van der Waals surface area contributed by atoms with Crippen LogP contribution in [0.15, 0.2) is 54.1 Å². The van der Waals surface area contributed by atoms with Gasteiger partial charge in [-0.25, -0.2) is 0 Å². The Morgan fingerprint density at radius 1 is 1.20 bits per heavy atom.